The van der Waals surface area contributed by atoms with Crippen LogP contribution in [-0.2, 0) is 9.68 Å². The quantitative estimate of drug-likeness (QED) is 0.378. The molecule has 110 valence electrons. The summed E-state index contributed by atoms with van der Waals surface area (Å²) in [6.45, 7) is 3.41. The minimum absolute atomic E-state index is 0.0973. The molecule has 0 fully saturated rings. The molecule has 0 aliphatic rings. The Labute approximate surface area is 117 Å². The molecule has 8 heteroatoms. The highest BCUT2D eigenvalue weighted by Gasteiger charge is 2.22. The van der Waals surface area contributed by atoms with Crippen LogP contribution < -0.4 is 20.3 Å². The van der Waals surface area contributed by atoms with E-state index in [4.69, 9.17) is 20.0 Å². The molecule has 0 heterocycles. The van der Waals surface area contributed by atoms with Gasteiger partial charge >= 0.3 is 0 Å². The molecule has 0 atom stereocenters. The summed E-state index contributed by atoms with van der Waals surface area (Å²) in [7, 11) is 5.81. The van der Waals surface area contributed by atoms with Gasteiger partial charge in [-0.05, 0) is 24.0 Å². The smallest absolute Gasteiger partial charge is 0.290 e. The van der Waals surface area contributed by atoms with E-state index in [0.29, 0.717) is 22.9 Å². The Morgan fingerprint density at radius 3 is 2.25 bits per heavy atom. The van der Waals surface area contributed by atoms with E-state index in [0.717, 1.165) is 0 Å². The fourth-order valence-electron chi connectivity index (χ4n) is 1.63. The number of guanidine groups is 1. The number of aliphatic imine (C=N–C) groups is 1. The van der Waals surface area contributed by atoms with Gasteiger partial charge in [-0.2, -0.15) is 5.06 Å². The molecule has 0 aliphatic heterocycles. The second kappa shape index (κ2) is 7.19. The van der Waals surface area contributed by atoms with Crippen LogP contribution in [0.15, 0.2) is 22.3 Å². The monoisotopic (exact) mass is 282 g/mol. The fraction of sp³-hybridized carbons (Fsp3) is 0.333. The molecule has 8 nitrogen and oxygen atoms in total. The first kappa shape index (κ1) is 15.6. The minimum atomic E-state index is 0.0973. The number of nitrogens with zero attached hydrogens (tertiary/aromatic N) is 3. The molecule has 20 heavy (non-hydrogen) atoms. The van der Waals surface area contributed by atoms with Crippen LogP contribution in [-0.4, -0.2) is 41.1 Å². The molecular formula is C12H18N4O4. The Morgan fingerprint density at radius 1 is 1.15 bits per heavy atom. The lowest BCUT2D eigenvalue weighted by Crippen LogP contribution is -2.29. The summed E-state index contributed by atoms with van der Waals surface area (Å²) in [6.07, 6.45) is 0. The van der Waals surface area contributed by atoms with Gasteiger partial charge in [-0.15, -0.1) is 0 Å². The minimum Gasteiger partial charge on any atom is -0.491 e. The van der Waals surface area contributed by atoms with Crippen molar-refractivity contribution in [2.75, 3.05) is 39.2 Å². The summed E-state index contributed by atoms with van der Waals surface area (Å²) in [6, 6.07) is 3.33. The van der Waals surface area contributed by atoms with Crippen LogP contribution >= 0.6 is 0 Å². The number of anilines is 2. The van der Waals surface area contributed by atoms with E-state index in [2.05, 4.69) is 21.7 Å². The fourth-order valence-corrected chi connectivity index (χ4v) is 1.63. The predicted molar refractivity (Wildman–Crippen MR) is 77.4 cm³/mol. The third-order valence-corrected chi connectivity index (χ3v) is 2.43. The maximum Gasteiger partial charge on any atom is 0.290 e. The number of hydrogen-bond donors (Lipinski definition) is 1. The molecule has 0 saturated heterocycles. The number of oxime groups is 1. The average Bonchev–Trinajstić information content (AvgIpc) is 2.47. The van der Waals surface area contributed by atoms with Crippen molar-refractivity contribution in [2.45, 2.75) is 0 Å². The van der Waals surface area contributed by atoms with Crippen molar-refractivity contribution >= 4 is 24.1 Å². The van der Waals surface area contributed by atoms with Gasteiger partial charge in [-0.3, -0.25) is 4.84 Å². The molecule has 0 bridgehead atoms. The van der Waals surface area contributed by atoms with E-state index in [-0.39, 0.29) is 5.96 Å². The molecular weight excluding hydrogens is 264 g/mol. The Hall–Kier alpha value is -2.48. The van der Waals surface area contributed by atoms with Crippen molar-refractivity contribution in [2.24, 2.45) is 10.1 Å². The molecule has 1 aromatic carbocycles. The second-order valence-corrected chi connectivity index (χ2v) is 3.45. The van der Waals surface area contributed by atoms with Gasteiger partial charge in [0.1, 0.15) is 12.8 Å². The zero-order chi connectivity index (χ0) is 15.1. The molecule has 1 aromatic rings. The highest BCUT2D eigenvalue weighted by atomic mass is 16.7. The van der Waals surface area contributed by atoms with Crippen molar-refractivity contribution in [1.29, 1.82) is 0 Å². The molecule has 0 aliphatic carbocycles. The lowest BCUT2D eigenvalue weighted by Gasteiger charge is -2.23. The molecule has 0 spiro atoms. The normalized spacial score (nSPS) is 10.9. The zero-order valence-electron chi connectivity index (χ0n) is 11.9. The number of benzene rings is 1. The first-order valence-corrected chi connectivity index (χ1v) is 5.57. The predicted octanol–water partition coefficient (Wildman–Crippen LogP) is 1.27. The first-order valence-electron chi connectivity index (χ1n) is 5.57. The number of hydroxylamine groups is 1. The highest BCUT2D eigenvalue weighted by molar-refractivity contribution is 5.98. The summed E-state index contributed by atoms with van der Waals surface area (Å²) in [5, 5.41) is 4.98. The van der Waals surface area contributed by atoms with Gasteiger partial charge in [0.25, 0.3) is 5.96 Å². The molecule has 0 radical (unpaired) electrons. The summed E-state index contributed by atoms with van der Waals surface area (Å²) in [5.41, 5.74) is 6.75. The Kier molecular flexibility index (Phi) is 5.60. The Bertz CT molecular complexity index is 504. The van der Waals surface area contributed by atoms with E-state index in [1.54, 1.807) is 12.1 Å². The van der Waals surface area contributed by atoms with Gasteiger partial charge < -0.3 is 20.0 Å². The highest BCUT2D eigenvalue weighted by Crippen LogP contribution is 2.41. The van der Waals surface area contributed by atoms with Crippen molar-refractivity contribution in [1.82, 2.24) is 0 Å². The average molecular weight is 282 g/mol. The van der Waals surface area contributed by atoms with Crippen LogP contribution in [0, 0.1) is 0 Å². The van der Waals surface area contributed by atoms with Crippen molar-refractivity contribution < 1.29 is 19.1 Å². The van der Waals surface area contributed by atoms with Crippen molar-refractivity contribution in [3.63, 3.8) is 0 Å². The van der Waals surface area contributed by atoms with Gasteiger partial charge in [0, 0.05) is 0 Å². The molecule has 0 unspecified atom stereocenters. The van der Waals surface area contributed by atoms with Gasteiger partial charge in [-0.25, -0.2) is 4.99 Å². The van der Waals surface area contributed by atoms with E-state index in [1.807, 2.05) is 0 Å². The summed E-state index contributed by atoms with van der Waals surface area (Å²) in [4.78, 5) is 13.7. The molecule has 0 aromatic heterocycles. The Morgan fingerprint density at radius 2 is 1.80 bits per heavy atom. The Balaban J connectivity index is 3.42. The number of hydrogen-bond acceptors (Lipinski definition) is 6. The van der Waals surface area contributed by atoms with E-state index in [9.17, 15) is 0 Å². The maximum absolute atomic E-state index is 5.83. The molecule has 0 amide bonds. The molecule has 2 N–H and O–H groups in total. The largest absolute Gasteiger partial charge is 0.491 e. The van der Waals surface area contributed by atoms with Crippen LogP contribution in [0.2, 0.25) is 0 Å². The number of nitrogen functional groups attached to an aromatic ring is 1. The van der Waals surface area contributed by atoms with Gasteiger partial charge in [0.15, 0.2) is 11.5 Å². The summed E-state index contributed by atoms with van der Waals surface area (Å²) >= 11 is 0. The standard InChI is InChI=1S/C12H18N4O4/c1-14-12(15-19-4)16(20-5)9-7-6-8(13)10(17-2)11(9)18-3/h6-7H,1,13H2,2-5H3/b15-12+. The van der Waals surface area contributed by atoms with Crippen molar-refractivity contribution in [3.8, 4) is 11.5 Å². The maximum atomic E-state index is 5.83. The number of rotatable bonds is 5. The van der Waals surface area contributed by atoms with Gasteiger partial charge in [0.05, 0.1) is 27.0 Å². The van der Waals surface area contributed by atoms with Crippen molar-refractivity contribution in [3.05, 3.63) is 12.1 Å². The zero-order valence-corrected chi connectivity index (χ0v) is 11.9. The van der Waals surface area contributed by atoms with Crippen LogP contribution in [0.3, 0.4) is 0 Å². The number of ether oxygens (including phenoxy) is 2. The lowest BCUT2D eigenvalue weighted by atomic mass is 10.2. The third kappa shape index (κ3) is 2.91. The third-order valence-electron chi connectivity index (χ3n) is 2.43. The topological polar surface area (TPSA) is 90.9 Å². The van der Waals surface area contributed by atoms with Crippen LogP contribution in [0.5, 0.6) is 11.5 Å². The van der Waals surface area contributed by atoms with Crippen LogP contribution in [0.25, 0.3) is 0 Å². The van der Waals surface area contributed by atoms with Gasteiger partial charge in [0.2, 0.25) is 0 Å². The van der Waals surface area contributed by atoms with Crippen LogP contribution in [0.1, 0.15) is 0 Å². The van der Waals surface area contributed by atoms with E-state index in [1.165, 1.54) is 33.5 Å². The summed E-state index contributed by atoms with van der Waals surface area (Å²) < 4.78 is 10.5. The first-order chi connectivity index (χ1) is 9.64. The number of methoxy groups -OCH3 is 2. The molecule has 0 saturated carbocycles. The summed E-state index contributed by atoms with van der Waals surface area (Å²) in [5.74, 6) is 0.856. The lowest BCUT2D eigenvalue weighted by molar-refractivity contribution is 0.184. The van der Waals surface area contributed by atoms with Crippen LogP contribution in [0.4, 0.5) is 11.4 Å². The number of nitrogens with two attached hydrogens (primary N) is 1. The van der Waals surface area contributed by atoms with E-state index < -0.39 is 0 Å². The molecule has 1 rings (SSSR count). The van der Waals surface area contributed by atoms with E-state index >= 15 is 0 Å². The SMILES string of the molecule is C=N/C(=N\OC)N(OC)c1ccc(N)c(OC)c1OC. The second-order valence-electron chi connectivity index (χ2n) is 3.45. The van der Waals surface area contributed by atoms with Gasteiger partial charge in [-0.1, -0.05) is 0 Å².